The molecule has 2 heteroatoms. The first-order valence-corrected chi connectivity index (χ1v) is 7.11. The Morgan fingerprint density at radius 1 is 1.29 bits per heavy atom. The van der Waals surface area contributed by atoms with Gasteiger partial charge in [-0.2, -0.15) is 0 Å². The van der Waals surface area contributed by atoms with Crippen molar-refractivity contribution in [1.82, 2.24) is 0 Å². The summed E-state index contributed by atoms with van der Waals surface area (Å²) in [6, 6.07) is 0. The second kappa shape index (κ2) is 5.41. The molecule has 1 atom stereocenters. The predicted octanol–water partition coefficient (Wildman–Crippen LogP) is 4.32. The molecule has 0 aromatic rings. The van der Waals surface area contributed by atoms with E-state index < -0.39 is 0 Å². The van der Waals surface area contributed by atoms with Crippen molar-refractivity contribution in [3.05, 3.63) is 0 Å². The fourth-order valence-electron chi connectivity index (χ4n) is 2.51. The van der Waals surface area contributed by atoms with E-state index in [0.717, 1.165) is 25.7 Å². The van der Waals surface area contributed by atoms with Crippen LogP contribution in [0.3, 0.4) is 0 Å². The Hall–Kier alpha value is -0.530. The van der Waals surface area contributed by atoms with E-state index in [4.69, 9.17) is 4.74 Å². The maximum absolute atomic E-state index is 12.3. The molecule has 0 aromatic heterocycles. The Morgan fingerprint density at radius 2 is 1.82 bits per heavy atom. The molecule has 1 saturated carbocycles. The summed E-state index contributed by atoms with van der Waals surface area (Å²) in [5, 5.41) is 0. The van der Waals surface area contributed by atoms with Crippen LogP contribution in [0, 0.1) is 11.3 Å². The Balaban J connectivity index is 2.78. The zero-order chi connectivity index (χ0) is 13.1. The number of carbonyl (C=O) groups excluding carboxylic acids is 1. The van der Waals surface area contributed by atoms with Crippen LogP contribution in [-0.2, 0) is 9.53 Å². The van der Waals surface area contributed by atoms with Crippen molar-refractivity contribution in [2.45, 2.75) is 78.7 Å². The molecule has 1 aliphatic rings. The molecule has 2 nitrogen and oxygen atoms in total. The van der Waals surface area contributed by atoms with Crippen LogP contribution >= 0.6 is 0 Å². The smallest absolute Gasteiger partial charge is 0.312 e. The molecule has 0 aliphatic heterocycles. The van der Waals surface area contributed by atoms with Crippen molar-refractivity contribution in [3.63, 3.8) is 0 Å². The summed E-state index contributed by atoms with van der Waals surface area (Å²) < 4.78 is 5.97. The normalized spacial score (nSPS) is 21.2. The number of carbonyl (C=O) groups is 1. The van der Waals surface area contributed by atoms with E-state index in [0.29, 0.717) is 5.92 Å². The summed E-state index contributed by atoms with van der Waals surface area (Å²) in [4.78, 5) is 12.3. The van der Waals surface area contributed by atoms with Gasteiger partial charge in [0.2, 0.25) is 0 Å². The molecule has 100 valence electrons. The van der Waals surface area contributed by atoms with Gasteiger partial charge < -0.3 is 4.74 Å². The van der Waals surface area contributed by atoms with Crippen molar-refractivity contribution in [3.8, 4) is 0 Å². The lowest BCUT2D eigenvalue weighted by molar-refractivity contribution is -0.176. The third kappa shape index (κ3) is 3.02. The Labute approximate surface area is 106 Å². The van der Waals surface area contributed by atoms with Crippen LogP contribution in [-0.4, -0.2) is 11.6 Å². The zero-order valence-electron chi connectivity index (χ0n) is 12.1. The third-order valence-corrected chi connectivity index (χ3v) is 4.69. The van der Waals surface area contributed by atoms with E-state index in [1.54, 1.807) is 0 Å². The van der Waals surface area contributed by atoms with Gasteiger partial charge in [0.05, 0.1) is 5.41 Å². The van der Waals surface area contributed by atoms with Gasteiger partial charge in [-0.15, -0.1) is 0 Å². The lowest BCUT2D eigenvalue weighted by atomic mass is 9.84. The van der Waals surface area contributed by atoms with E-state index >= 15 is 0 Å². The number of rotatable bonds is 5. The molecule has 0 heterocycles. The van der Waals surface area contributed by atoms with Crippen molar-refractivity contribution in [2.75, 3.05) is 0 Å². The number of esters is 1. The maximum Gasteiger partial charge on any atom is 0.312 e. The molecule has 0 aromatic carbocycles. The highest BCUT2D eigenvalue weighted by Gasteiger charge is 2.44. The first-order valence-electron chi connectivity index (χ1n) is 7.11. The molecule has 0 bridgehead atoms. The molecule has 1 rings (SSSR count). The molecule has 0 spiro atoms. The largest absolute Gasteiger partial charge is 0.458 e. The van der Waals surface area contributed by atoms with Gasteiger partial charge in [-0.25, -0.2) is 0 Å². The topological polar surface area (TPSA) is 26.3 Å². The van der Waals surface area contributed by atoms with E-state index in [2.05, 4.69) is 13.8 Å². The fraction of sp³-hybridized carbons (Fsp3) is 0.933. The highest BCUT2D eigenvalue weighted by atomic mass is 16.6. The first-order chi connectivity index (χ1) is 7.88. The van der Waals surface area contributed by atoms with Gasteiger partial charge in [0.25, 0.3) is 0 Å². The molecule has 17 heavy (non-hydrogen) atoms. The molecule has 1 fully saturated rings. The van der Waals surface area contributed by atoms with Gasteiger partial charge in [-0.1, -0.05) is 20.8 Å². The average molecular weight is 240 g/mol. The van der Waals surface area contributed by atoms with Crippen molar-refractivity contribution < 1.29 is 9.53 Å². The molecule has 0 amide bonds. The molecule has 0 radical (unpaired) electrons. The Morgan fingerprint density at radius 3 is 2.24 bits per heavy atom. The van der Waals surface area contributed by atoms with Gasteiger partial charge in [-0.05, 0) is 58.3 Å². The van der Waals surface area contributed by atoms with Crippen LogP contribution in [0.15, 0.2) is 0 Å². The summed E-state index contributed by atoms with van der Waals surface area (Å²) in [6.45, 7) is 10.4. The lowest BCUT2D eigenvalue weighted by Crippen LogP contribution is -2.42. The van der Waals surface area contributed by atoms with Crippen LogP contribution < -0.4 is 0 Å². The van der Waals surface area contributed by atoms with Gasteiger partial charge in [0.15, 0.2) is 0 Å². The monoisotopic (exact) mass is 240 g/mol. The highest BCUT2D eigenvalue weighted by Crippen LogP contribution is 2.42. The third-order valence-electron chi connectivity index (χ3n) is 4.69. The van der Waals surface area contributed by atoms with E-state index in [-0.39, 0.29) is 17.0 Å². The summed E-state index contributed by atoms with van der Waals surface area (Å²) in [5.41, 5.74) is -0.513. The first kappa shape index (κ1) is 14.5. The molecular weight excluding hydrogens is 212 g/mol. The minimum absolute atomic E-state index is 0.0119. The summed E-state index contributed by atoms with van der Waals surface area (Å²) in [6.07, 6.45) is 6.41. The Kier molecular flexibility index (Phi) is 4.62. The van der Waals surface area contributed by atoms with Crippen LogP contribution in [0.4, 0.5) is 0 Å². The average Bonchev–Trinajstić information content (AvgIpc) is 2.77. The fourth-order valence-corrected chi connectivity index (χ4v) is 2.51. The van der Waals surface area contributed by atoms with Crippen LogP contribution in [0.2, 0.25) is 0 Å². The number of ether oxygens (including phenoxy) is 1. The second-order valence-corrected chi connectivity index (χ2v) is 6.21. The van der Waals surface area contributed by atoms with Crippen molar-refractivity contribution in [2.24, 2.45) is 11.3 Å². The zero-order valence-corrected chi connectivity index (χ0v) is 12.1. The Bertz CT molecular complexity index is 262. The van der Waals surface area contributed by atoms with Crippen LogP contribution in [0.1, 0.15) is 73.1 Å². The summed E-state index contributed by atoms with van der Waals surface area (Å²) >= 11 is 0. The quantitative estimate of drug-likeness (QED) is 0.669. The van der Waals surface area contributed by atoms with Gasteiger partial charge in [-0.3, -0.25) is 4.79 Å². The summed E-state index contributed by atoms with van der Waals surface area (Å²) in [7, 11) is 0. The molecular formula is C15H28O2. The molecule has 0 N–H and O–H groups in total. The van der Waals surface area contributed by atoms with Crippen LogP contribution in [0.5, 0.6) is 0 Å². The molecule has 1 aliphatic carbocycles. The number of hydrogen-bond acceptors (Lipinski definition) is 2. The van der Waals surface area contributed by atoms with Gasteiger partial charge >= 0.3 is 5.97 Å². The van der Waals surface area contributed by atoms with Crippen molar-refractivity contribution >= 4 is 5.97 Å². The maximum atomic E-state index is 12.3. The van der Waals surface area contributed by atoms with E-state index in [9.17, 15) is 4.79 Å². The predicted molar refractivity (Wildman–Crippen MR) is 70.8 cm³/mol. The van der Waals surface area contributed by atoms with Gasteiger partial charge in [0.1, 0.15) is 5.60 Å². The van der Waals surface area contributed by atoms with Gasteiger partial charge in [0, 0.05) is 0 Å². The molecule has 1 unspecified atom stereocenters. The lowest BCUT2D eigenvalue weighted by Gasteiger charge is -2.37. The summed E-state index contributed by atoms with van der Waals surface area (Å²) in [5.74, 6) is 0.462. The minimum Gasteiger partial charge on any atom is -0.458 e. The van der Waals surface area contributed by atoms with E-state index in [1.165, 1.54) is 12.8 Å². The highest BCUT2D eigenvalue weighted by molar-refractivity contribution is 5.76. The van der Waals surface area contributed by atoms with E-state index in [1.807, 2.05) is 20.8 Å². The standard InChI is InChI=1S/C15H28O2/c1-6-12(3)15(10-8-9-11-15)17-13(16)14(4,5)7-2/h12H,6-11H2,1-5H3. The minimum atomic E-state index is -0.344. The van der Waals surface area contributed by atoms with Crippen LogP contribution in [0.25, 0.3) is 0 Å². The second-order valence-electron chi connectivity index (χ2n) is 6.21. The number of hydrogen-bond donors (Lipinski definition) is 0. The molecule has 0 saturated heterocycles. The van der Waals surface area contributed by atoms with Crippen molar-refractivity contribution in [1.29, 1.82) is 0 Å². The SMILES string of the molecule is CCC(C)C1(OC(=O)C(C)(C)CC)CCCC1.